The Balaban J connectivity index is 3.02. The minimum Gasteiger partial charge on any atom is -0.387 e. The van der Waals surface area contributed by atoms with Crippen molar-refractivity contribution in [3.05, 3.63) is 35.4 Å². The SMILES string of the molecule is CC[C@H]([C@H](O)c1ccc(C)cc1)S(=O)(=O)CC. The summed E-state index contributed by atoms with van der Waals surface area (Å²) in [6.45, 7) is 5.35. The van der Waals surface area contributed by atoms with Gasteiger partial charge in [-0.15, -0.1) is 0 Å². The van der Waals surface area contributed by atoms with Crippen LogP contribution in [0.2, 0.25) is 0 Å². The Bertz CT molecular complexity index is 448. The normalized spacial score (nSPS) is 15.5. The van der Waals surface area contributed by atoms with Gasteiger partial charge in [-0.25, -0.2) is 8.42 Å². The smallest absolute Gasteiger partial charge is 0.155 e. The fraction of sp³-hybridized carbons (Fsp3) is 0.538. The van der Waals surface area contributed by atoms with Gasteiger partial charge >= 0.3 is 0 Å². The van der Waals surface area contributed by atoms with E-state index in [1.54, 1.807) is 26.0 Å². The topological polar surface area (TPSA) is 54.4 Å². The van der Waals surface area contributed by atoms with E-state index in [0.29, 0.717) is 12.0 Å². The van der Waals surface area contributed by atoms with E-state index in [1.807, 2.05) is 19.1 Å². The van der Waals surface area contributed by atoms with E-state index >= 15 is 0 Å². The van der Waals surface area contributed by atoms with E-state index in [-0.39, 0.29) is 5.75 Å². The van der Waals surface area contributed by atoms with Crippen LogP contribution in [0.15, 0.2) is 24.3 Å². The Hall–Kier alpha value is -0.870. The van der Waals surface area contributed by atoms with Crippen LogP contribution in [0.4, 0.5) is 0 Å². The van der Waals surface area contributed by atoms with Gasteiger partial charge in [-0.3, -0.25) is 0 Å². The first-order valence-electron chi connectivity index (χ1n) is 5.88. The van der Waals surface area contributed by atoms with E-state index in [9.17, 15) is 13.5 Å². The van der Waals surface area contributed by atoms with Crippen LogP contribution in [-0.2, 0) is 9.84 Å². The molecule has 4 heteroatoms. The molecular weight excluding hydrogens is 236 g/mol. The highest BCUT2D eigenvalue weighted by Gasteiger charge is 2.30. The fourth-order valence-electron chi connectivity index (χ4n) is 1.87. The Morgan fingerprint density at radius 2 is 1.71 bits per heavy atom. The highest BCUT2D eigenvalue weighted by Crippen LogP contribution is 2.25. The Morgan fingerprint density at radius 3 is 2.12 bits per heavy atom. The molecule has 0 bridgehead atoms. The highest BCUT2D eigenvalue weighted by atomic mass is 32.2. The summed E-state index contributed by atoms with van der Waals surface area (Å²) >= 11 is 0. The molecule has 2 atom stereocenters. The van der Waals surface area contributed by atoms with Gasteiger partial charge in [-0.1, -0.05) is 43.7 Å². The number of sulfone groups is 1. The molecule has 3 nitrogen and oxygen atoms in total. The van der Waals surface area contributed by atoms with Crippen molar-refractivity contribution in [2.75, 3.05) is 5.75 Å². The van der Waals surface area contributed by atoms with Crippen LogP contribution in [0.1, 0.15) is 37.5 Å². The number of aryl methyl sites for hydroxylation is 1. The molecule has 0 unspecified atom stereocenters. The molecule has 96 valence electrons. The van der Waals surface area contributed by atoms with Crippen molar-refractivity contribution in [1.29, 1.82) is 0 Å². The van der Waals surface area contributed by atoms with Gasteiger partial charge in [-0.05, 0) is 18.9 Å². The summed E-state index contributed by atoms with van der Waals surface area (Å²) < 4.78 is 23.7. The van der Waals surface area contributed by atoms with Crippen molar-refractivity contribution < 1.29 is 13.5 Å². The van der Waals surface area contributed by atoms with Crippen LogP contribution in [-0.4, -0.2) is 24.5 Å². The van der Waals surface area contributed by atoms with Crippen LogP contribution >= 0.6 is 0 Å². The lowest BCUT2D eigenvalue weighted by molar-refractivity contribution is 0.169. The molecular formula is C13H20O3S. The molecule has 1 rings (SSSR count). The van der Waals surface area contributed by atoms with Gasteiger partial charge in [0.25, 0.3) is 0 Å². The molecule has 1 aromatic rings. The van der Waals surface area contributed by atoms with E-state index in [2.05, 4.69) is 0 Å². The lowest BCUT2D eigenvalue weighted by Gasteiger charge is -2.21. The average Bonchev–Trinajstić information content (AvgIpc) is 2.30. The molecule has 0 radical (unpaired) electrons. The predicted molar refractivity (Wildman–Crippen MR) is 69.7 cm³/mol. The van der Waals surface area contributed by atoms with Gasteiger partial charge in [0.05, 0.1) is 11.4 Å². The Morgan fingerprint density at radius 1 is 1.18 bits per heavy atom. The molecule has 0 aliphatic rings. The summed E-state index contributed by atoms with van der Waals surface area (Å²) in [7, 11) is -3.22. The van der Waals surface area contributed by atoms with Crippen molar-refractivity contribution in [3.63, 3.8) is 0 Å². The number of hydrogen-bond acceptors (Lipinski definition) is 3. The first kappa shape index (κ1) is 14.2. The fourth-order valence-corrected chi connectivity index (χ4v) is 3.35. The zero-order chi connectivity index (χ0) is 13.1. The van der Waals surface area contributed by atoms with Crippen LogP contribution in [0.5, 0.6) is 0 Å². The minimum absolute atomic E-state index is 0.0639. The summed E-state index contributed by atoms with van der Waals surface area (Å²) in [6.07, 6.45) is -0.517. The van der Waals surface area contributed by atoms with Gasteiger partial charge in [-0.2, -0.15) is 0 Å². The standard InChI is InChI=1S/C13H20O3S/c1-4-12(17(15,16)5-2)13(14)11-8-6-10(3)7-9-11/h6-9,12-14H,4-5H2,1-3H3/t12-,13-/m1/s1. The van der Waals surface area contributed by atoms with Crippen molar-refractivity contribution in [2.24, 2.45) is 0 Å². The molecule has 1 aromatic carbocycles. The highest BCUT2D eigenvalue weighted by molar-refractivity contribution is 7.92. The van der Waals surface area contributed by atoms with Crippen LogP contribution in [0.3, 0.4) is 0 Å². The maximum atomic E-state index is 11.9. The maximum Gasteiger partial charge on any atom is 0.155 e. The number of aliphatic hydroxyl groups is 1. The van der Waals surface area contributed by atoms with Gasteiger partial charge in [0.15, 0.2) is 9.84 Å². The van der Waals surface area contributed by atoms with E-state index in [4.69, 9.17) is 0 Å². The number of aliphatic hydroxyl groups excluding tert-OH is 1. The molecule has 0 aliphatic carbocycles. The Kier molecular flexibility index (Phi) is 4.71. The third-order valence-corrected chi connectivity index (χ3v) is 5.36. The number of hydrogen-bond donors (Lipinski definition) is 1. The second-order valence-electron chi connectivity index (χ2n) is 4.25. The second-order valence-corrected chi connectivity index (χ2v) is 6.76. The van der Waals surface area contributed by atoms with Gasteiger partial charge in [0.2, 0.25) is 0 Å². The first-order chi connectivity index (χ1) is 7.92. The van der Waals surface area contributed by atoms with Crippen LogP contribution < -0.4 is 0 Å². The summed E-state index contributed by atoms with van der Waals surface area (Å²) in [5, 5.41) is 9.45. The lowest BCUT2D eigenvalue weighted by atomic mass is 10.0. The Labute approximate surface area is 103 Å². The minimum atomic E-state index is -3.22. The molecule has 1 N–H and O–H groups in total. The van der Waals surface area contributed by atoms with Crippen molar-refractivity contribution >= 4 is 9.84 Å². The molecule has 0 aliphatic heterocycles. The molecule has 0 saturated carbocycles. The number of rotatable bonds is 5. The zero-order valence-electron chi connectivity index (χ0n) is 10.6. The van der Waals surface area contributed by atoms with Crippen molar-refractivity contribution in [3.8, 4) is 0 Å². The van der Waals surface area contributed by atoms with Gasteiger partial charge < -0.3 is 5.11 Å². The predicted octanol–water partition coefficient (Wildman–Crippen LogP) is 2.24. The molecule has 0 saturated heterocycles. The van der Waals surface area contributed by atoms with E-state index in [0.717, 1.165) is 5.56 Å². The molecule has 0 spiro atoms. The van der Waals surface area contributed by atoms with Crippen molar-refractivity contribution in [1.82, 2.24) is 0 Å². The van der Waals surface area contributed by atoms with Crippen LogP contribution in [0.25, 0.3) is 0 Å². The van der Waals surface area contributed by atoms with E-state index in [1.165, 1.54) is 0 Å². The molecule has 0 heterocycles. The zero-order valence-corrected chi connectivity index (χ0v) is 11.4. The molecule has 17 heavy (non-hydrogen) atoms. The average molecular weight is 256 g/mol. The molecule has 0 aromatic heterocycles. The summed E-state index contributed by atoms with van der Waals surface area (Å²) in [5.41, 5.74) is 1.76. The van der Waals surface area contributed by atoms with Crippen molar-refractivity contribution in [2.45, 2.75) is 38.5 Å². The first-order valence-corrected chi connectivity index (χ1v) is 7.60. The third-order valence-electron chi connectivity index (χ3n) is 3.04. The van der Waals surface area contributed by atoms with Crippen LogP contribution in [0, 0.1) is 6.92 Å². The quantitative estimate of drug-likeness (QED) is 0.879. The third kappa shape index (κ3) is 3.30. The van der Waals surface area contributed by atoms with E-state index < -0.39 is 21.2 Å². The summed E-state index contributed by atoms with van der Waals surface area (Å²) in [5.74, 6) is 0.0639. The second kappa shape index (κ2) is 5.65. The molecule has 0 amide bonds. The maximum absolute atomic E-state index is 11.9. The van der Waals surface area contributed by atoms with Gasteiger partial charge in [0.1, 0.15) is 0 Å². The lowest BCUT2D eigenvalue weighted by Crippen LogP contribution is -2.29. The molecule has 0 fully saturated rings. The monoisotopic (exact) mass is 256 g/mol. The summed E-state index contributed by atoms with van der Waals surface area (Å²) in [6, 6.07) is 7.33. The largest absolute Gasteiger partial charge is 0.387 e. The van der Waals surface area contributed by atoms with Gasteiger partial charge in [0, 0.05) is 5.75 Å². The number of benzene rings is 1. The summed E-state index contributed by atoms with van der Waals surface area (Å²) in [4.78, 5) is 0.